The van der Waals surface area contributed by atoms with Crippen LogP contribution in [0.25, 0.3) is 6.08 Å². The first-order valence-corrected chi connectivity index (χ1v) is 7.28. The minimum absolute atomic E-state index is 0.142. The number of aliphatic carboxylic acids is 1. The summed E-state index contributed by atoms with van der Waals surface area (Å²) in [7, 11) is 0. The summed E-state index contributed by atoms with van der Waals surface area (Å²) in [5.41, 5.74) is 1.78. The lowest BCUT2D eigenvalue weighted by molar-refractivity contribution is -0.139. The van der Waals surface area contributed by atoms with Gasteiger partial charge in [0.25, 0.3) is 0 Å². The summed E-state index contributed by atoms with van der Waals surface area (Å²) in [6.45, 7) is 14.4. The molecule has 0 amide bonds. The monoisotopic (exact) mass is 332 g/mol. The van der Waals surface area contributed by atoms with Gasteiger partial charge in [0, 0.05) is 11.1 Å². The van der Waals surface area contributed by atoms with Crippen LogP contribution in [0.2, 0.25) is 0 Å². The standard InChI is InChI=1S/C8H8.C7H10O3.C4H6O2/c1-2-8-6-4-3-5-7-8;1-5(2)7(8)10-4-6-3-9-6;1-3(2)4(5)6/h2-7H,1H2;6H,1,3-4H2,2H3;1H2,2H3,(H,5,6). The van der Waals surface area contributed by atoms with E-state index in [-0.39, 0.29) is 17.6 Å². The van der Waals surface area contributed by atoms with Gasteiger partial charge in [0.15, 0.2) is 0 Å². The highest BCUT2D eigenvalue weighted by Crippen LogP contribution is 2.09. The molecule has 5 nitrogen and oxygen atoms in total. The molecule has 1 N–H and O–H groups in total. The molecule has 0 radical (unpaired) electrons. The van der Waals surface area contributed by atoms with Crippen molar-refractivity contribution in [1.29, 1.82) is 0 Å². The highest BCUT2D eigenvalue weighted by atomic mass is 16.6. The Labute approximate surface area is 142 Å². The van der Waals surface area contributed by atoms with Gasteiger partial charge in [0.1, 0.15) is 12.7 Å². The molecule has 0 aliphatic carbocycles. The number of esters is 1. The first-order chi connectivity index (χ1) is 11.3. The molecule has 5 heteroatoms. The first-order valence-electron chi connectivity index (χ1n) is 7.28. The fourth-order valence-electron chi connectivity index (χ4n) is 1.05. The molecule has 1 aromatic rings. The van der Waals surface area contributed by atoms with Crippen molar-refractivity contribution < 1.29 is 24.2 Å². The van der Waals surface area contributed by atoms with Gasteiger partial charge < -0.3 is 14.6 Å². The van der Waals surface area contributed by atoms with E-state index in [4.69, 9.17) is 14.6 Å². The van der Waals surface area contributed by atoms with Crippen molar-refractivity contribution in [2.75, 3.05) is 13.2 Å². The topological polar surface area (TPSA) is 76.1 Å². The Bertz CT molecular complexity index is 559. The number of carbonyl (C=O) groups is 2. The van der Waals surface area contributed by atoms with Crippen LogP contribution in [-0.4, -0.2) is 36.4 Å². The molecule has 0 spiro atoms. The van der Waals surface area contributed by atoms with Crippen LogP contribution in [-0.2, 0) is 19.1 Å². The highest BCUT2D eigenvalue weighted by Gasteiger charge is 2.24. The number of hydrogen-bond acceptors (Lipinski definition) is 4. The molecule has 1 aliphatic heterocycles. The average Bonchev–Trinajstić information content (AvgIpc) is 3.38. The molecule has 1 saturated heterocycles. The van der Waals surface area contributed by atoms with E-state index in [2.05, 4.69) is 19.7 Å². The third-order valence-electron chi connectivity index (χ3n) is 2.55. The number of benzene rings is 1. The Morgan fingerprint density at radius 2 is 1.75 bits per heavy atom. The number of epoxide rings is 1. The van der Waals surface area contributed by atoms with Crippen LogP contribution < -0.4 is 0 Å². The number of carbonyl (C=O) groups excluding carboxylic acids is 1. The molecule has 24 heavy (non-hydrogen) atoms. The van der Waals surface area contributed by atoms with Crippen LogP contribution in [0.15, 0.2) is 61.2 Å². The average molecular weight is 332 g/mol. The summed E-state index contributed by atoms with van der Waals surface area (Å²) in [4.78, 5) is 20.3. The number of hydrogen-bond donors (Lipinski definition) is 1. The van der Waals surface area contributed by atoms with Crippen LogP contribution >= 0.6 is 0 Å². The quantitative estimate of drug-likeness (QED) is 0.507. The molecule has 130 valence electrons. The largest absolute Gasteiger partial charge is 0.478 e. The van der Waals surface area contributed by atoms with Crippen molar-refractivity contribution in [2.24, 2.45) is 0 Å². The van der Waals surface area contributed by atoms with Gasteiger partial charge in [-0.2, -0.15) is 0 Å². The molecule has 1 fully saturated rings. The van der Waals surface area contributed by atoms with Gasteiger partial charge in [0.05, 0.1) is 6.61 Å². The maximum Gasteiger partial charge on any atom is 0.333 e. The lowest BCUT2D eigenvalue weighted by atomic mass is 10.2. The van der Waals surface area contributed by atoms with Crippen molar-refractivity contribution >= 4 is 18.0 Å². The molecule has 0 saturated carbocycles. The lowest BCUT2D eigenvalue weighted by Gasteiger charge is -1.99. The van der Waals surface area contributed by atoms with Crippen LogP contribution in [0, 0.1) is 0 Å². The van der Waals surface area contributed by atoms with Gasteiger partial charge in [-0.25, -0.2) is 9.59 Å². The van der Waals surface area contributed by atoms with E-state index in [1.54, 1.807) is 6.92 Å². The Morgan fingerprint density at radius 3 is 2.04 bits per heavy atom. The second kappa shape index (κ2) is 11.8. The zero-order chi connectivity index (χ0) is 18.5. The lowest BCUT2D eigenvalue weighted by Crippen LogP contribution is -2.09. The second-order valence-electron chi connectivity index (χ2n) is 5.03. The Balaban J connectivity index is 0.000000343. The van der Waals surface area contributed by atoms with Gasteiger partial charge in [-0.15, -0.1) is 0 Å². The number of carboxylic acids is 1. The van der Waals surface area contributed by atoms with Gasteiger partial charge in [-0.05, 0) is 19.4 Å². The molecular formula is C19H24O5. The Kier molecular flexibility index (Phi) is 10.5. The molecular weight excluding hydrogens is 308 g/mol. The fraction of sp³-hybridized carbons (Fsp3) is 0.263. The van der Waals surface area contributed by atoms with Crippen LogP contribution in [0.5, 0.6) is 0 Å². The summed E-state index contributed by atoms with van der Waals surface area (Å²) >= 11 is 0. The van der Waals surface area contributed by atoms with Crippen molar-refractivity contribution in [1.82, 2.24) is 0 Å². The Morgan fingerprint density at radius 1 is 1.25 bits per heavy atom. The zero-order valence-corrected chi connectivity index (χ0v) is 14.2. The van der Waals surface area contributed by atoms with Crippen molar-refractivity contribution in [3.05, 3.63) is 66.8 Å². The SMILES string of the molecule is C=C(C)C(=O)O.C=C(C)C(=O)OCC1CO1.C=Cc1ccccc1. The summed E-state index contributed by atoms with van der Waals surface area (Å²) in [6.07, 6.45) is 1.98. The zero-order valence-electron chi connectivity index (χ0n) is 14.2. The molecule has 0 aromatic heterocycles. The maximum atomic E-state index is 10.7. The van der Waals surface area contributed by atoms with Gasteiger partial charge >= 0.3 is 11.9 Å². The van der Waals surface area contributed by atoms with Gasteiger partial charge in [-0.3, -0.25) is 0 Å². The first kappa shape index (κ1) is 21.3. The summed E-state index contributed by atoms with van der Waals surface area (Å²) in [6, 6.07) is 10.0. The van der Waals surface area contributed by atoms with E-state index in [0.717, 1.165) is 0 Å². The highest BCUT2D eigenvalue weighted by molar-refractivity contribution is 5.86. The van der Waals surface area contributed by atoms with Gasteiger partial charge in [-0.1, -0.05) is 56.1 Å². The van der Waals surface area contributed by atoms with Gasteiger partial charge in [0.2, 0.25) is 0 Å². The van der Waals surface area contributed by atoms with E-state index >= 15 is 0 Å². The summed E-state index contributed by atoms with van der Waals surface area (Å²) in [5, 5.41) is 7.89. The van der Waals surface area contributed by atoms with E-state index in [1.807, 2.05) is 36.4 Å². The minimum Gasteiger partial charge on any atom is -0.478 e. The van der Waals surface area contributed by atoms with E-state index in [9.17, 15) is 9.59 Å². The van der Waals surface area contributed by atoms with E-state index < -0.39 is 5.97 Å². The third-order valence-corrected chi connectivity index (χ3v) is 2.55. The molecule has 1 aromatic carbocycles. The van der Waals surface area contributed by atoms with Crippen molar-refractivity contribution in [3.8, 4) is 0 Å². The Hall–Kier alpha value is -2.66. The smallest absolute Gasteiger partial charge is 0.333 e. The molecule has 1 unspecified atom stereocenters. The number of ether oxygens (including phenoxy) is 2. The van der Waals surface area contributed by atoms with Crippen molar-refractivity contribution in [2.45, 2.75) is 20.0 Å². The molecule has 1 aliphatic rings. The van der Waals surface area contributed by atoms with E-state index in [1.165, 1.54) is 12.5 Å². The maximum absolute atomic E-state index is 10.7. The van der Waals surface area contributed by atoms with Crippen LogP contribution in [0.3, 0.4) is 0 Å². The predicted molar refractivity (Wildman–Crippen MR) is 94.5 cm³/mol. The van der Waals surface area contributed by atoms with Crippen LogP contribution in [0.1, 0.15) is 19.4 Å². The molecule has 1 heterocycles. The number of carboxylic acid groups (broad SMARTS) is 1. The van der Waals surface area contributed by atoms with E-state index in [0.29, 0.717) is 18.8 Å². The molecule has 0 bridgehead atoms. The predicted octanol–water partition coefficient (Wildman–Crippen LogP) is 3.48. The number of rotatable bonds is 5. The fourth-order valence-corrected chi connectivity index (χ4v) is 1.05. The second-order valence-corrected chi connectivity index (χ2v) is 5.03. The van der Waals surface area contributed by atoms with Crippen molar-refractivity contribution in [3.63, 3.8) is 0 Å². The van der Waals surface area contributed by atoms with Crippen LogP contribution in [0.4, 0.5) is 0 Å². The minimum atomic E-state index is -0.935. The third kappa shape index (κ3) is 11.9. The molecule has 2 rings (SSSR count). The normalized spacial score (nSPS) is 13.8. The summed E-state index contributed by atoms with van der Waals surface area (Å²) in [5.74, 6) is -1.27. The molecule has 1 atom stereocenters. The summed E-state index contributed by atoms with van der Waals surface area (Å²) < 4.78 is 9.60.